The molecule has 1 fully saturated rings. The highest BCUT2D eigenvalue weighted by Crippen LogP contribution is 2.29. The molecule has 0 bridgehead atoms. The van der Waals surface area contributed by atoms with Crippen LogP contribution in [0.15, 0.2) is 17.3 Å². The van der Waals surface area contributed by atoms with Crippen LogP contribution in [0.1, 0.15) is 6.23 Å². The van der Waals surface area contributed by atoms with E-state index in [1.165, 1.54) is 12.5 Å². The zero-order valence-corrected chi connectivity index (χ0v) is 9.67. The third-order valence-electron chi connectivity index (χ3n) is 3.15. The van der Waals surface area contributed by atoms with Crippen molar-refractivity contribution >= 4 is 11.2 Å². The van der Waals surface area contributed by atoms with Crippen LogP contribution < -0.4 is 5.69 Å². The summed E-state index contributed by atoms with van der Waals surface area (Å²) in [6.45, 7) is -0.458. The molecular formula is C10H12N4O5. The van der Waals surface area contributed by atoms with Crippen molar-refractivity contribution in [2.24, 2.45) is 0 Å². The van der Waals surface area contributed by atoms with Crippen LogP contribution in [0.3, 0.4) is 0 Å². The molecule has 2 aromatic heterocycles. The normalized spacial score (nSPS) is 31.1. The Balaban J connectivity index is 2.10. The lowest BCUT2D eigenvalue weighted by Crippen LogP contribution is -2.34. The highest BCUT2D eigenvalue weighted by atomic mass is 16.6. The molecule has 1 aliphatic heterocycles. The Bertz CT molecular complexity index is 653. The molecule has 0 aromatic carbocycles. The van der Waals surface area contributed by atoms with Gasteiger partial charge in [-0.15, -0.1) is 0 Å². The van der Waals surface area contributed by atoms with E-state index in [1.807, 2.05) is 0 Å². The summed E-state index contributed by atoms with van der Waals surface area (Å²) in [5.74, 6) is 0. The number of nitrogens with zero attached hydrogens (tertiary/aromatic N) is 3. The maximum Gasteiger partial charge on any atom is 0.329 e. The predicted molar refractivity (Wildman–Crippen MR) is 61.2 cm³/mol. The summed E-state index contributed by atoms with van der Waals surface area (Å²) in [5, 5.41) is 28.6. The van der Waals surface area contributed by atoms with Gasteiger partial charge in [-0.05, 0) is 0 Å². The van der Waals surface area contributed by atoms with E-state index >= 15 is 0 Å². The van der Waals surface area contributed by atoms with Crippen LogP contribution in [0.25, 0.3) is 11.2 Å². The number of aromatic nitrogens is 4. The third kappa shape index (κ3) is 1.75. The smallest absolute Gasteiger partial charge is 0.329 e. The van der Waals surface area contributed by atoms with E-state index < -0.39 is 36.8 Å². The number of aliphatic hydroxyl groups is 3. The van der Waals surface area contributed by atoms with Crippen molar-refractivity contribution in [3.8, 4) is 0 Å². The van der Waals surface area contributed by atoms with Crippen LogP contribution in [-0.2, 0) is 4.74 Å². The van der Waals surface area contributed by atoms with Gasteiger partial charge in [-0.3, -0.25) is 0 Å². The molecule has 4 atom stereocenters. The molecular weight excluding hydrogens is 256 g/mol. The van der Waals surface area contributed by atoms with Gasteiger partial charge < -0.3 is 25.0 Å². The Kier molecular flexibility index (Phi) is 2.82. The van der Waals surface area contributed by atoms with E-state index in [-0.39, 0.29) is 5.65 Å². The lowest BCUT2D eigenvalue weighted by molar-refractivity contribution is -0.0524. The first kappa shape index (κ1) is 12.2. The average molecular weight is 268 g/mol. The van der Waals surface area contributed by atoms with E-state index in [0.29, 0.717) is 5.52 Å². The number of fused-ring (bicyclic) bond motifs is 1. The number of imidazole rings is 1. The minimum absolute atomic E-state index is 0.259. The van der Waals surface area contributed by atoms with Crippen molar-refractivity contribution in [1.82, 2.24) is 19.5 Å². The van der Waals surface area contributed by atoms with Gasteiger partial charge in [-0.25, -0.2) is 19.3 Å². The van der Waals surface area contributed by atoms with Gasteiger partial charge in [0.2, 0.25) is 0 Å². The zero-order chi connectivity index (χ0) is 13.6. The molecule has 3 rings (SSSR count). The highest BCUT2D eigenvalue weighted by molar-refractivity contribution is 5.68. The monoisotopic (exact) mass is 268 g/mol. The van der Waals surface area contributed by atoms with Crippen LogP contribution in [0.4, 0.5) is 0 Å². The summed E-state index contributed by atoms with van der Waals surface area (Å²) in [6, 6.07) is 0. The minimum atomic E-state index is -1.33. The fraction of sp³-hybridized carbons (Fsp3) is 0.500. The Labute approximate surface area is 106 Å². The summed E-state index contributed by atoms with van der Waals surface area (Å²) in [5.41, 5.74) is 0.116. The van der Waals surface area contributed by atoms with Crippen LogP contribution in [0.5, 0.6) is 0 Å². The van der Waals surface area contributed by atoms with Gasteiger partial charge in [0, 0.05) is 0 Å². The first-order chi connectivity index (χ1) is 9.13. The number of hydrogen-bond acceptors (Lipinski definition) is 7. The van der Waals surface area contributed by atoms with Crippen LogP contribution in [0, 0.1) is 0 Å². The maximum absolute atomic E-state index is 11.9. The van der Waals surface area contributed by atoms with Gasteiger partial charge in [0.15, 0.2) is 11.9 Å². The van der Waals surface area contributed by atoms with Gasteiger partial charge in [0.1, 0.15) is 30.2 Å². The minimum Gasteiger partial charge on any atom is -0.394 e. The van der Waals surface area contributed by atoms with Crippen molar-refractivity contribution in [3.63, 3.8) is 0 Å². The number of H-pyrrole nitrogens is 1. The van der Waals surface area contributed by atoms with Gasteiger partial charge in [-0.1, -0.05) is 0 Å². The summed E-state index contributed by atoms with van der Waals surface area (Å²) in [4.78, 5) is 22.1. The van der Waals surface area contributed by atoms with Crippen molar-refractivity contribution in [3.05, 3.63) is 23.0 Å². The molecule has 3 heterocycles. The molecule has 0 saturated carbocycles. The lowest BCUT2D eigenvalue weighted by atomic mass is 10.1. The average Bonchev–Trinajstić information content (AvgIpc) is 2.88. The largest absolute Gasteiger partial charge is 0.394 e. The fourth-order valence-electron chi connectivity index (χ4n) is 2.20. The Morgan fingerprint density at radius 1 is 1.42 bits per heavy atom. The topological polar surface area (TPSA) is 133 Å². The molecule has 9 nitrogen and oxygen atoms in total. The van der Waals surface area contributed by atoms with Crippen LogP contribution in [-0.4, -0.2) is 59.8 Å². The SMILES string of the molecule is O=c1[nH]c2cncnc2n1[C@@H]1O[C@H](CO)[C@@H](O)[C@H]1O. The number of aliphatic hydroxyl groups excluding tert-OH is 3. The molecule has 4 N–H and O–H groups in total. The Morgan fingerprint density at radius 2 is 2.21 bits per heavy atom. The number of aromatic amines is 1. The number of ether oxygens (including phenoxy) is 1. The van der Waals surface area contributed by atoms with Crippen LogP contribution in [0.2, 0.25) is 0 Å². The second-order valence-corrected chi connectivity index (χ2v) is 4.29. The second kappa shape index (κ2) is 4.38. The van der Waals surface area contributed by atoms with E-state index in [0.717, 1.165) is 4.57 Å². The zero-order valence-electron chi connectivity index (χ0n) is 9.67. The number of rotatable bonds is 2. The lowest BCUT2D eigenvalue weighted by Gasteiger charge is -2.15. The van der Waals surface area contributed by atoms with Gasteiger partial charge in [0.05, 0.1) is 12.8 Å². The van der Waals surface area contributed by atoms with Crippen molar-refractivity contribution in [2.45, 2.75) is 24.5 Å². The Hall–Kier alpha value is -1.81. The fourth-order valence-corrected chi connectivity index (χ4v) is 2.20. The van der Waals surface area contributed by atoms with Crippen LogP contribution >= 0.6 is 0 Å². The number of hydrogen-bond donors (Lipinski definition) is 4. The summed E-state index contributed by atoms with van der Waals surface area (Å²) < 4.78 is 6.40. The summed E-state index contributed by atoms with van der Waals surface area (Å²) in [7, 11) is 0. The van der Waals surface area contributed by atoms with Crippen molar-refractivity contribution < 1.29 is 20.1 Å². The second-order valence-electron chi connectivity index (χ2n) is 4.29. The first-order valence-electron chi connectivity index (χ1n) is 5.66. The third-order valence-corrected chi connectivity index (χ3v) is 3.15. The Morgan fingerprint density at radius 3 is 2.89 bits per heavy atom. The molecule has 0 unspecified atom stereocenters. The van der Waals surface area contributed by atoms with Gasteiger partial charge in [-0.2, -0.15) is 0 Å². The number of nitrogens with one attached hydrogen (secondary N) is 1. The molecule has 0 aliphatic carbocycles. The van der Waals surface area contributed by atoms with E-state index in [4.69, 9.17) is 9.84 Å². The maximum atomic E-state index is 11.9. The van der Waals surface area contributed by atoms with Gasteiger partial charge >= 0.3 is 5.69 Å². The highest BCUT2D eigenvalue weighted by Gasteiger charge is 2.44. The molecule has 9 heteroatoms. The van der Waals surface area contributed by atoms with E-state index in [2.05, 4.69) is 15.0 Å². The molecule has 0 amide bonds. The summed E-state index contributed by atoms with van der Waals surface area (Å²) in [6.07, 6.45) is -1.98. The molecule has 0 spiro atoms. The molecule has 1 aliphatic rings. The molecule has 19 heavy (non-hydrogen) atoms. The predicted octanol–water partition coefficient (Wildman–Crippen LogP) is -2.27. The molecule has 2 aromatic rings. The van der Waals surface area contributed by atoms with Crippen molar-refractivity contribution in [2.75, 3.05) is 6.61 Å². The molecule has 1 saturated heterocycles. The standard InChI is InChI=1S/C10H12N4O5/c15-2-5-6(16)7(17)9(19-5)14-8-4(13-10(14)18)1-11-3-12-8/h1,3,5-7,9,15-17H,2H2,(H,13,18)/t5-,6-,7-,9-/m1/s1. The molecule has 102 valence electrons. The van der Waals surface area contributed by atoms with E-state index in [1.54, 1.807) is 0 Å². The molecule has 0 radical (unpaired) electrons. The van der Waals surface area contributed by atoms with Gasteiger partial charge in [0.25, 0.3) is 0 Å². The quantitative estimate of drug-likeness (QED) is 0.482. The van der Waals surface area contributed by atoms with Crippen molar-refractivity contribution in [1.29, 1.82) is 0 Å². The summed E-state index contributed by atoms with van der Waals surface area (Å²) >= 11 is 0. The first-order valence-corrected chi connectivity index (χ1v) is 5.66. The van der Waals surface area contributed by atoms with E-state index in [9.17, 15) is 15.0 Å².